The third-order valence-electron chi connectivity index (χ3n) is 5.56. The first-order valence-corrected chi connectivity index (χ1v) is 10.3. The third kappa shape index (κ3) is 4.15. The molecule has 11 nitrogen and oxygen atoms in total. The molecule has 1 fully saturated rings. The van der Waals surface area contributed by atoms with Crippen molar-refractivity contribution in [2.75, 3.05) is 20.8 Å². The summed E-state index contributed by atoms with van der Waals surface area (Å²) >= 11 is 0. The highest BCUT2D eigenvalue weighted by molar-refractivity contribution is 5.88. The number of rotatable bonds is 6. The van der Waals surface area contributed by atoms with Crippen LogP contribution in [-0.2, 0) is 4.74 Å². The van der Waals surface area contributed by atoms with Crippen molar-refractivity contribution in [2.24, 2.45) is 0 Å². The number of phenols is 1. The van der Waals surface area contributed by atoms with Gasteiger partial charge in [0, 0.05) is 17.7 Å². The monoisotopic (exact) mass is 476 g/mol. The van der Waals surface area contributed by atoms with Crippen molar-refractivity contribution in [3.05, 3.63) is 46.6 Å². The van der Waals surface area contributed by atoms with Crippen LogP contribution in [0.3, 0.4) is 0 Å². The molecule has 1 aromatic heterocycles. The minimum Gasteiger partial charge on any atom is -0.507 e. The first-order valence-electron chi connectivity index (χ1n) is 10.3. The van der Waals surface area contributed by atoms with Crippen LogP contribution in [0.25, 0.3) is 22.3 Å². The van der Waals surface area contributed by atoms with E-state index in [4.69, 9.17) is 23.4 Å². The Bertz CT molecular complexity index is 1220. The smallest absolute Gasteiger partial charge is 0.239 e. The Balaban J connectivity index is 1.76. The Kier molecular flexibility index (Phi) is 6.64. The van der Waals surface area contributed by atoms with Crippen molar-refractivity contribution in [3.63, 3.8) is 0 Å². The van der Waals surface area contributed by atoms with E-state index in [-0.39, 0.29) is 28.2 Å². The lowest BCUT2D eigenvalue weighted by molar-refractivity contribution is -0.277. The Morgan fingerprint density at radius 3 is 2.26 bits per heavy atom. The zero-order chi connectivity index (χ0) is 24.6. The first kappa shape index (κ1) is 23.8. The zero-order valence-electron chi connectivity index (χ0n) is 18.2. The Labute approximate surface area is 192 Å². The molecule has 182 valence electrons. The van der Waals surface area contributed by atoms with Gasteiger partial charge in [-0.1, -0.05) is 0 Å². The number of hydrogen-bond acceptors (Lipinski definition) is 11. The van der Waals surface area contributed by atoms with Crippen LogP contribution < -0.4 is 19.6 Å². The normalized spacial score (nSPS) is 24.7. The molecule has 1 saturated heterocycles. The molecule has 0 saturated carbocycles. The second kappa shape index (κ2) is 9.49. The fourth-order valence-electron chi connectivity index (χ4n) is 3.74. The number of ether oxygens (including phenoxy) is 4. The molecule has 2 aromatic carbocycles. The van der Waals surface area contributed by atoms with Gasteiger partial charge in [-0.15, -0.1) is 0 Å². The summed E-state index contributed by atoms with van der Waals surface area (Å²) in [7, 11) is 2.82. The standard InChI is InChI=1S/C23H24O11/c1-30-11-5-3-10(4-6-11)21-22(31-2)18(27)16-13(25)7-12(8-14(16)33-21)32-23-20(29)19(28)17(26)15(9-24)34-23/h3-8,15,17,19-20,23-26,28-29H,9H2,1-2H3. The summed E-state index contributed by atoms with van der Waals surface area (Å²) in [5.74, 6) is 0.0371. The number of hydrogen-bond donors (Lipinski definition) is 5. The van der Waals surface area contributed by atoms with Crippen molar-refractivity contribution < 1.29 is 48.9 Å². The van der Waals surface area contributed by atoms with Crippen molar-refractivity contribution in [1.29, 1.82) is 0 Å². The highest BCUT2D eigenvalue weighted by Crippen LogP contribution is 2.37. The lowest BCUT2D eigenvalue weighted by Crippen LogP contribution is -2.60. The molecule has 1 aliphatic rings. The molecule has 34 heavy (non-hydrogen) atoms. The van der Waals surface area contributed by atoms with Crippen molar-refractivity contribution in [1.82, 2.24) is 0 Å². The lowest BCUT2D eigenvalue weighted by Gasteiger charge is -2.39. The van der Waals surface area contributed by atoms with E-state index in [1.165, 1.54) is 20.3 Å². The molecule has 0 amide bonds. The molecule has 0 bridgehead atoms. The van der Waals surface area contributed by atoms with Gasteiger partial charge in [-0.2, -0.15) is 0 Å². The van der Waals surface area contributed by atoms with Gasteiger partial charge in [0.2, 0.25) is 17.5 Å². The summed E-state index contributed by atoms with van der Waals surface area (Å²) in [6.45, 7) is -0.631. The summed E-state index contributed by atoms with van der Waals surface area (Å²) in [4.78, 5) is 13.0. The van der Waals surface area contributed by atoms with E-state index >= 15 is 0 Å². The second-order valence-electron chi connectivity index (χ2n) is 7.65. The Morgan fingerprint density at radius 2 is 1.65 bits per heavy atom. The molecular weight excluding hydrogens is 452 g/mol. The van der Waals surface area contributed by atoms with Gasteiger partial charge >= 0.3 is 0 Å². The van der Waals surface area contributed by atoms with Gasteiger partial charge in [-0.3, -0.25) is 4.79 Å². The molecule has 0 aliphatic carbocycles. The van der Waals surface area contributed by atoms with E-state index in [1.54, 1.807) is 24.3 Å². The number of benzene rings is 2. The number of aliphatic hydroxyl groups is 4. The fourth-order valence-corrected chi connectivity index (χ4v) is 3.74. The van der Waals surface area contributed by atoms with E-state index in [0.29, 0.717) is 11.3 Å². The van der Waals surface area contributed by atoms with Crippen LogP contribution in [0, 0.1) is 0 Å². The predicted molar refractivity (Wildman–Crippen MR) is 117 cm³/mol. The van der Waals surface area contributed by atoms with Crippen LogP contribution in [0.1, 0.15) is 0 Å². The topological polar surface area (TPSA) is 168 Å². The van der Waals surface area contributed by atoms with Crippen LogP contribution in [0.4, 0.5) is 0 Å². The maximum atomic E-state index is 13.0. The number of phenolic OH excluding ortho intramolecular Hbond substituents is 1. The summed E-state index contributed by atoms with van der Waals surface area (Å²) in [5, 5.41) is 49.8. The Hall–Kier alpha value is -3.35. The van der Waals surface area contributed by atoms with Crippen molar-refractivity contribution in [3.8, 4) is 34.3 Å². The molecule has 4 rings (SSSR count). The fraction of sp³-hybridized carbons (Fsp3) is 0.348. The maximum Gasteiger partial charge on any atom is 0.239 e. The quantitative estimate of drug-likeness (QED) is 0.333. The molecule has 2 heterocycles. The molecule has 0 spiro atoms. The number of fused-ring (bicyclic) bond motifs is 1. The summed E-state index contributed by atoms with van der Waals surface area (Å²) in [6, 6.07) is 9.08. The number of methoxy groups -OCH3 is 2. The van der Waals surface area contributed by atoms with Gasteiger partial charge < -0.3 is 48.9 Å². The number of aromatic hydroxyl groups is 1. The van der Waals surface area contributed by atoms with Crippen LogP contribution in [-0.4, -0.2) is 77.1 Å². The predicted octanol–water partition coefficient (Wildman–Crippen LogP) is 0.361. The van der Waals surface area contributed by atoms with Crippen molar-refractivity contribution >= 4 is 11.0 Å². The van der Waals surface area contributed by atoms with E-state index in [9.17, 15) is 30.3 Å². The Morgan fingerprint density at radius 1 is 0.941 bits per heavy atom. The van der Waals surface area contributed by atoms with E-state index in [0.717, 1.165) is 6.07 Å². The minimum absolute atomic E-state index is 0.0452. The number of aliphatic hydroxyl groups excluding tert-OH is 4. The first-order chi connectivity index (χ1) is 16.3. The second-order valence-corrected chi connectivity index (χ2v) is 7.65. The largest absolute Gasteiger partial charge is 0.507 e. The van der Waals surface area contributed by atoms with Crippen LogP contribution in [0.5, 0.6) is 23.0 Å². The lowest BCUT2D eigenvalue weighted by atomic mass is 9.99. The van der Waals surface area contributed by atoms with Gasteiger partial charge in [0.1, 0.15) is 52.6 Å². The average Bonchev–Trinajstić information content (AvgIpc) is 2.84. The molecule has 5 atom stereocenters. The van der Waals surface area contributed by atoms with Crippen LogP contribution >= 0.6 is 0 Å². The van der Waals surface area contributed by atoms with Gasteiger partial charge in [0.25, 0.3) is 0 Å². The third-order valence-corrected chi connectivity index (χ3v) is 5.56. The molecule has 11 heteroatoms. The van der Waals surface area contributed by atoms with E-state index in [1.807, 2.05) is 0 Å². The SMILES string of the molecule is COc1ccc(-c2oc3cc(OC4OC(CO)C(O)C(O)C4O)cc(O)c3c(=O)c2OC)cc1. The van der Waals surface area contributed by atoms with Crippen molar-refractivity contribution in [2.45, 2.75) is 30.7 Å². The zero-order valence-corrected chi connectivity index (χ0v) is 18.2. The van der Waals surface area contributed by atoms with Gasteiger partial charge in [-0.05, 0) is 24.3 Å². The van der Waals surface area contributed by atoms with Crippen LogP contribution in [0.2, 0.25) is 0 Å². The summed E-state index contributed by atoms with van der Waals surface area (Å²) in [6.07, 6.45) is -7.52. The highest BCUT2D eigenvalue weighted by Gasteiger charge is 2.44. The highest BCUT2D eigenvalue weighted by atomic mass is 16.7. The van der Waals surface area contributed by atoms with Crippen LogP contribution in [0.15, 0.2) is 45.6 Å². The van der Waals surface area contributed by atoms with E-state index in [2.05, 4.69) is 0 Å². The molecule has 5 unspecified atom stereocenters. The minimum atomic E-state index is -1.66. The maximum absolute atomic E-state index is 13.0. The van der Waals surface area contributed by atoms with E-state index < -0.39 is 48.5 Å². The van der Waals surface area contributed by atoms with Gasteiger partial charge in [0.05, 0.1) is 20.8 Å². The molecule has 0 radical (unpaired) electrons. The van der Waals surface area contributed by atoms with Gasteiger partial charge in [0.15, 0.2) is 5.76 Å². The molecule has 1 aliphatic heterocycles. The molecule has 3 aromatic rings. The summed E-state index contributed by atoms with van der Waals surface area (Å²) < 4.78 is 27.2. The molecule has 5 N–H and O–H groups in total. The summed E-state index contributed by atoms with van der Waals surface area (Å²) in [5.41, 5.74) is -0.154. The molecular formula is C23H24O11. The average molecular weight is 476 g/mol. The van der Waals surface area contributed by atoms with Gasteiger partial charge in [-0.25, -0.2) is 0 Å².